The molecule has 0 spiro atoms. The van der Waals surface area contributed by atoms with E-state index in [9.17, 15) is 14.3 Å². The highest BCUT2D eigenvalue weighted by atomic mass is 19.1. The summed E-state index contributed by atoms with van der Waals surface area (Å²) in [5, 5.41) is 12.4. The lowest BCUT2D eigenvalue weighted by molar-refractivity contribution is 0.0910. The summed E-state index contributed by atoms with van der Waals surface area (Å²) in [6.07, 6.45) is 2.17. The number of likely N-dealkylation sites (tertiary alicyclic amines) is 1. The summed E-state index contributed by atoms with van der Waals surface area (Å²) in [4.78, 5) is 14.4. The maximum absolute atomic E-state index is 12.9. The van der Waals surface area contributed by atoms with E-state index in [4.69, 9.17) is 4.74 Å². The summed E-state index contributed by atoms with van der Waals surface area (Å²) in [7, 11) is 1.69. The molecule has 6 heteroatoms. The minimum absolute atomic E-state index is 0.105. The summed E-state index contributed by atoms with van der Waals surface area (Å²) in [5.74, 6) is -0.873. The zero-order valence-electron chi connectivity index (χ0n) is 12.8. The summed E-state index contributed by atoms with van der Waals surface area (Å²) in [6.45, 7) is 4.16. The maximum atomic E-state index is 12.9. The molecule has 122 valence electrons. The van der Waals surface area contributed by atoms with Crippen LogP contribution in [0.1, 0.15) is 23.2 Å². The van der Waals surface area contributed by atoms with E-state index in [0.29, 0.717) is 19.1 Å². The number of carbonyl (C=O) groups is 1. The molecule has 1 fully saturated rings. The zero-order valence-corrected chi connectivity index (χ0v) is 12.8. The van der Waals surface area contributed by atoms with Crippen LogP contribution in [0.5, 0.6) is 5.75 Å². The Labute approximate surface area is 130 Å². The third-order valence-corrected chi connectivity index (χ3v) is 3.97. The summed E-state index contributed by atoms with van der Waals surface area (Å²) in [6, 6.07) is 3.41. The molecule has 0 saturated carbocycles. The molecule has 5 nitrogen and oxygen atoms in total. The van der Waals surface area contributed by atoms with Crippen LogP contribution in [0.25, 0.3) is 0 Å². The smallest absolute Gasteiger partial charge is 0.255 e. The van der Waals surface area contributed by atoms with Gasteiger partial charge in [-0.05, 0) is 37.4 Å². The van der Waals surface area contributed by atoms with E-state index >= 15 is 0 Å². The fourth-order valence-electron chi connectivity index (χ4n) is 2.77. The standard InChI is InChI=1S/C16H23FN2O3/c1-22-8-7-19-6-2-3-12(11-19)10-18-16(21)14-5-4-13(17)9-15(14)20/h4-5,9,12,20H,2-3,6-8,10-11H2,1H3,(H,18,21)/t12-/m1/s1. The highest BCUT2D eigenvalue weighted by Crippen LogP contribution is 2.19. The number of phenols is 1. The molecule has 1 heterocycles. The fourth-order valence-corrected chi connectivity index (χ4v) is 2.77. The van der Waals surface area contributed by atoms with E-state index in [2.05, 4.69) is 10.2 Å². The number of hydrogen-bond donors (Lipinski definition) is 2. The number of methoxy groups -OCH3 is 1. The summed E-state index contributed by atoms with van der Waals surface area (Å²) < 4.78 is 18.0. The van der Waals surface area contributed by atoms with Crippen molar-refractivity contribution in [1.82, 2.24) is 10.2 Å². The first-order valence-electron chi connectivity index (χ1n) is 7.58. The van der Waals surface area contributed by atoms with Gasteiger partial charge in [0.15, 0.2) is 0 Å². The zero-order chi connectivity index (χ0) is 15.9. The quantitative estimate of drug-likeness (QED) is 0.838. The molecule has 1 aromatic rings. The molecule has 1 aromatic carbocycles. The maximum Gasteiger partial charge on any atom is 0.255 e. The van der Waals surface area contributed by atoms with Crippen molar-refractivity contribution in [2.45, 2.75) is 12.8 Å². The van der Waals surface area contributed by atoms with Crippen molar-refractivity contribution in [1.29, 1.82) is 0 Å². The van der Waals surface area contributed by atoms with Crippen LogP contribution in [0.15, 0.2) is 18.2 Å². The predicted molar refractivity (Wildman–Crippen MR) is 81.4 cm³/mol. The van der Waals surface area contributed by atoms with Crippen LogP contribution in [0.4, 0.5) is 4.39 Å². The Kier molecular flexibility index (Phi) is 6.15. The second kappa shape index (κ2) is 8.10. The first-order valence-corrected chi connectivity index (χ1v) is 7.58. The Balaban J connectivity index is 1.82. The Morgan fingerprint density at radius 3 is 3.09 bits per heavy atom. The first-order chi connectivity index (χ1) is 10.6. The van der Waals surface area contributed by atoms with Crippen molar-refractivity contribution in [3.05, 3.63) is 29.6 Å². The number of hydrogen-bond acceptors (Lipinski definition) is 4. The molecule has 0 aliphatic carbocycles. The van der Waals surface area contributed by atoms with Crippen molar-refractivity contribution in [3.63, 3.8) is 0 Å². The third-order valence-electron chi connectivity index (χ3n) is 3.97. The average Bonchev–Trinajstić information content (AvgIpc) is 2.51. The molecule has 22 heavy (non-hydrogen) atoms. The van der Waals surface area contributed by atoms with Crippen LogP contribution in [0.3, 0.4) is 0 Å². The fraction of sp³-hybridized carbons (Fsp3) is 0.562. The van der Waals surface area contributed by atoms with Crippen LogP contribution in [-0.4, -0.2) is 55.8 Å². The van der Waals surface area contributed by atoms with E-state index in [0.717, 1.165) is 38.5 Å². The van der Waals surface area contributed by atoms with Crippen molar-refractivity contribution in [2.75, 3.05) is 39.9 Å². The van der Waals surface area contributed by atoms with Gasteiger partial charge in [0.25, 0.3) is 5.91 Å². The van der Waals surface area contributed by atoms with Gasteiger partial charge in [0.05, 0.1) is 12.2 Å². The molecule has 1 saturated heterocycles. The number of benzene rings is 1. The lowest BCUT2D eigenvalue weighted by atomic mass is 9.98. The lowest BCUT2D eigenvalue weighted by Crippen LogP contribution is -2.42. The minimum Gasteiger partial charge on any atom is -0.507 e. The van der Waals surface area contributed by atoms with Gasteiger partial charge < -0.3 is 20.1 Å². The van der Waals surface area contributed by atoms with E-state index in [1.54, 1.807) is 7.11 Å². The van der Waals surface area contributed by atoms with Crippen LogP contribution < -0.4 is 5.32 Å². The van der Waals surface area contributed by atoms with E-state index < -0.39 is 5.82 Å². The summed E-state index contributed by atoms with van der Waals surface area (Å²) >= 11 is 0. The van der Waals surface area contributed by atoms with Crippen molar-refractivity contribution in [3.8, 4) is 5.75 Å². The van der Waals surface area contributed by atoms with Crippen LogP contribution in [0, 0.1) is 11.7 Å². The van der Waals surface area contributed by atoms with Gasteiger partial charge in [0.2, 0.25) is 0 Å². The van der Waals surface area contributed by atoms with Crippen molar-refractivity contribution < 1.29 is 19.0 Å². The number of aromatic hydroxyl groups is 1. The average molecular weight is 310 g/mol. The molecule has 1 aliphatic heterocycles. The molecular formula is C16H23FN2O3. The van der Waals surface area contributed by atoms with Crippen LogP contribution in [-0.2, 0) is 4.74 Å². The van der Waals surface area contributed by atoms with Gasteiger partial charge in [-0.15, -0.1) is 0 Å². The van der Waals surface area contributed by atoms with Crippen molar-refractivity contribution >= 4 is 5.91 Å². The number of piperidine rings is 1. The van der Waals surface area contributed by atoms with Gasteiger partial charge in [-0.2, -0.15) is 0 Å². The molecule has 1 aliphatic rings. The van der Waals surface area contributed by atoms with Gasteiger partial charge >= 0.3 is 0 Å². The second-order valence-electron chi connectivity index (χ2n) is 5.67. The first kappa shape index (κ1) is 16.7. The number of ether oxygens (including phenoxy) is 1. The SMILES string of the molecule is COCCN1CCC[C@H](CNC(=O)c2ccc(F)cc2O)C1. The molecule has 0 unspecified atom stereocenters. The molecule has 2 N–H and O–H groups in total. The Hall–Kier alpha value is -1.66. The topological polar surface area (TPSA) is 61.8 Å². The van der Waals surface area contributed by atoms with Gasteiger partial charge in [0.1, 0.15) is 11.6 Å². The highest BCUT2D eigenvalue weighted by Gasteiger charge is 2.21. The number of nitrogens with one attached hydrogen (secondary N) is 1. The molecule has 0 bridgehead atoms. The predicted octanol–water partition coefficient (Wildman–Crippen LogP) is 1.62. The van der Waals surface area contributed by atoms with Crippen LogP contribution in [0.2, 0.25) is 0 Å². The lowest BCUT2D eigenvalue weighted by Gasteiger charge is -2.32. The van der Waals surface area contributed by atoms with E-state index in [-0.39, 0.29) is 17.2 Å². The van der Waals surface area contributed by atoms with E-state index in [1.165, 1.54) is 12.1 Å². The monoisotopic (exact) mass is 310 g/mol. The molecule has 0 aromatic heterocycles. The Bertz CT molecular complexity index is 510. The van der Waals surface area contributed by atoms with Crippen LogP contribution >= 0.6 is 0 Å². The van der Waals surface area contributed by atoms with E-state index in [1.807, 2.05) is 0 Å². The van der Waals surface area contributed by atoms with Gasteiger partial charge in [0, 0.05) is 32.8 Å². The Morgan fingerprint density at radius 1 is 1.55 bits per heavy atom. The van der Waals surface area contributed by atoms with Gasteiger partial charge in [-0.3, -0.25) is 4.79 Å². The number of phenolic OH excluding ortho intramolecular Hbond substituents is 1. The number of carbonyl (C=O) groups excluding carboxylic acids is 1. The minimum atomic E-state index is -0.560. The second-order valence-corrected chi connectivity index (χ2v) is 5.67. The number of amides is 1. The van der Waals surface area contributed by atoms with Gasteiger partial charge in [-0.25, -0.2) is 4.39 Å². The molecular weight excluding hydrogens is 287 g/mol. The Morgan fingerprint density at radius 2 is 2.36 bits per heavy atom. The normalized spacial score (nSPS) is 19.1. The van der Waals surface area contributed by atoms with Crippen molar-refractivity contribution in [2.24, 2.45) is 5.92 Å². The molecule has 2 rings (SSSR count). The third kappa shape index (κ3) is 4.68. The number of halogens is 1. The molecule has 1 amide bonds. The highest BCUT2D eigenvalue weighted by molar-refractivity contribution is 5.96. The number of rotatable bonds is 6. The largest absolute Gasteiger partial charge is 0.507 e. The molecule has 1 atom stereocenters. The van der Waals surface area contributed by atoms with Gasteiger partial charge in [-0.1, -0.05) is 0 Å². The summed E-state index contributed by atoms with van der Waals surface area (Å²) in [5.41, 5.74) is 0.105. The molecule has 0 radical (unpaired) electrons. The number of nitrogens with zero attached hydrogens (tertiary/aromatic N) is 1.